The summed E-state index contributed by atoms with van der Waals surface area (Å²) in [5, 5.41) is 4.69. The Kier molecular flexibility index (Phi) is 18.5. The zero-order valence-corrected chi connectivity index (χ0v) is 67.8. The monoisotopic (exact) mass is 1710 g/mol. The molecule has 0 fully saturated rings. The molecular weight excluding hydrogens is 1660 g/mol. The lowest BCUT2D eigenvalue weighted by molar-refractivity contribution is 0.414. The van der Waals surface area contributed by atoms with Crippen molar-refractivity contribution in [1.82, 2.24) is 39.9 Å². The van der Waals surface area contributed by atoms with Crippen molar-refractivity contribution in [3.8, 4) is 159 Å². The summed E-state index contributed by atoms with van der Waals surface area (Å²) >= 11 is 29.5. The lowest BCUT2D eigenvalue weighted by Crippen LogP contribution is -2.02. The second-order valence-electron chi connectivity index (χ2n) is 28.8. The molecule has 8 bridgehead atoms. The highest BCUT2D eigenvalue weighted by Gasteiger charge is 2.29. The standard InChI is InChI=1S/C96H54Cl4N8O16/c1-113-53-17-5-45(6-18-53)61-29-49-13-25-57(33-77(49)121-93(61)109)117-81-41-69-65(37-73(81)97)85-101-89(69)105-86-66-38-74(98)82(118-58-26-14-50-30-62(94(110)122-78(50)34-58)46-7-19-54(114-2)20-8-46)42-70(66)91(102-86)107-88-68-40-76(100)84(120-60-28-16-52-32-64(96(112)124-80(52)36-60)48-11-23-56(116-4)24-12-48)44-72(68)92(104-88)108-87-67-39-75(99)83(43-71(67)90(103-87)106-85)119-59-27-15-51-31-63(95(111)123-79(51)35-59)47-9-21-55(115-3)22-10-47/h5-44H,1-4H3,(H2,101,102,103,104,105,106,107,108). The fourth-order valence-electron chi connectivity index (χ4n) is 15.1. The van der Waals surface area contributed by atoms with Crippen LogP contribution in [0.3, 0.4) is 0 Å². The Hall–Kier alpha value is -15.6. The number of aromatic amines is 2. The van der Waals surface area contributed by atoms with Gasteiger partial charge >= 0.3 is 22.5 Å². The number of rotatable bonds is 16. The number of nitrogens with zero attached hydrogens (tertiary/aromatic N) is 6. The zero-order valence-electron chi connectivity index (χ0n) is 64.8. The molecule has 0 spiro atoms. The summed E-state index contributed by atoms with van der Waals surface area (Å²) in [5.41, 5.74) is 5.02. The lowest BCUT2D eigenvalue weighted by atomic mass is 10.1. The van der Waals surface area contributed by atoms with Crippen molar-refractivity contribution in [2.75, 3.05) is 28.4 Å². The predicted octanol–water partition coefficient (Wildman–Crippen LogP) is 23.8. The Morgan fingerprint density at radius 1 is 0.242 bits per heavy atom. The molecule has 124 heavy (non-hydrogen) atoms. The van der Waals surface area contributed by atoms with Crippen LogP contribution < -0.4 is 60.4 Å². The molecule has 0 radical (unpaired) electrons. The minimum Gasteiger partial charge on any atom is -0.497 e. The number of ether oxygens (including phenoxy) is 8. The van der Waals surface area contributed by atoms with E-state index in [1.807, 2.05) is 0 Å². The molecule has 0 atom stereocenters. The molecule has 0 aliphatic carbocycles. The third kappa shape index (κ3) is 13.8. The van der Waals surface area contributed by atoms with Crippen molar-refractivity contribution in [1.29, 1.82) is 0 Å². The van der Waals surface area contributed by atoms with E-state index in [0.717, 1.165) is 0 Å². The molecule has 28 heteroatoms. The highest BCUT2D eigenvalue weighted by atomic mass is 35.5. The van der Waals surface area contributed by atoms with Gasteiger partial charge in [-0.05, 0) is 192 Å². The molecule has 0 amide bonds. The summed E-state index contributed by atoms with van der Waals surface area (Å²) in [5.74, 6) is 4.68. The number of H-pyrrole nitrogens is 2. The first-order valence-corrected chi connectivity index (χ1v) is 39.6. The van der Waals surface area contributed by atoms with Crippen LogP contribution in [0.25, 0.3) is 178 Å². The summed E-state index contributed by atoms with van der Waals surface area (Å²) in [7, 11) is 6.26. The summed E-state index contributed by atoms with van der Waals surface area (Å²) in [4.78, 5) is 93.3. The van der Waals surface area contributed by atoms with Crippen molar-refractivity contribution in [2.24, 2.45) is 0 Å². The maximum atomic E-state index is 13.7. The number of hydrogen-bond donors (Lipinski definition) is 2. The highest BCUT2D eigenvalue weighted by molar-refractivity contribution is 6.35. The molecule has 2 aliphatic rings. The van der Waals surface area contributed by atoms with Crippen LogP contribution in [0.15, 0.2) is 280 Å². The average Bonchev–Trinajstić information content (AvgIpc) is 1.59. The van der Waals surface area contributed by atoms with Crippen molar-refractivity contribution in [3.63, 3.8) is 0 Å². The van der Waals surface area contributed by atoms with Crippen LogP contribution in [-0.4, -0.2) is 68.3 Å². The third-order valence-corrected chi connectivity index (χ3v) is 22.6. The van der Waals surface area contributed by atoms with Gasteiger partial charge in [0.25, 0.3) is 0 Å². The molecule has 2 N–H and O–H groups in total. The van der Waals surface area contributed by atoms with Crippen molar-refractivity contribution in [2.45, 2.75) is 0 Å². The van der Waals surface area contributed by atoms with E-state index in [1.54, 1.807) is 271 Å². The van der Waals surface area contributed by atoms with Gasteiger partial charge in [0.1, 0.15) is 114 Å². The fourth-order valence-corrected chi connectivity index (χ4v) is 15.9. The van der Waals surface area contributed by atoms with E-state index in [4.69, 9.17) is 132 Å². The minimum atomic E-state index is -0.572. The van der Waals surface area contributed by atoms with Gasteiger partial charge in [0.05, 0.1) is 70.8 Å². The summed E-state index contributed by atoms with van der Waals surface area (Å²) in [6.45, 7) is 0. The number of fused-ring (bicyclic) bond motifs is 24. The maximum Gasteiger partial charge on any atom is 0.344 e. The number of aromatic nitrogens is 8. The predicted molar refractivity (Wildman–Crippen MR) is 474 cm³/mol. The number of methoxy groups -OCH3 is 4. The smallest absolute Gasteiger partial charge is 0.344 e. The lowest BCUT2D eigenvalue weighted by Gasteiger charge is -2.11. The van der Waals surface area contributed by atoms with Gasteiger partial charge in [0.15, 0.2) is 23.3 Å². The number of halogens is 4. The maximum absolute atomic E-state index is 13.7. The van der Waals surface area contributed by atoms with Crippen molar-refractivity contribution >= 4 is 134 Å². The third-order valence-electron chi connectivity index (χ3n) is 21.4. The first-order chi connectivity index (χ1) is 60.3. The normalized spacial score (nSPS) is 11.7. The van der Waals surface area contributed by atoms with E-state index < -0.39 is 22.5 Å². The van der Waals surface area contributed by atoms with Crippen molar-refractivity contribution in [3.05, 3.63) is 304 Å². The van der Waals surface area contributed by atoms with E-state index in [0.29, 0.717) is 133 Å². The molecule has 24 nitrogen and oxygen atoms in total. The van der Waals surface area contributed by atoms with Crippen LogP contribution in [-0.2, 0) is 0 Å². The van der Waals surface area contributed by atoms with E-state index in [9.17, 15) is 19.2 Å². The summed E-state index contributed by atoms with van der Waals surface area (Å²) < 4.78 is 71.7. The molecule has 12 aromatic carbocycles. The number of benzene rings is 12. The van der Waals surface area contributed by atoms with Crippen LogP contribution in [0, 0.1) is 0 Å². The molecule has 21 rings (SSSR count). The number of nitrogens with one attached hydrogen (secondary N) is 2. The van der Waals surface area contributed by atoms with Crippen LogP contribution in [0.2, 0.25) is 20.1 Å². The van der Waals surface area contributed by atoms with Gasteiger partial charge in [-0.1, -0.05) is 94.9 Å². The molecule has 0 saturated heterocycles. The second kappa shape index (κ2) is 30.3. The first kappa shape index (κ1) is 75.8. The second-order valence-corrected chi connectivity index (χ2v) is 30.5. The first-order valence-electron chi connectivity index (χ1n) is 38.1. The molecule has 7 aromatic heterocycles. The van der Waals surface area contributed by atoms with Gasteiger partial charge in [0, 0.05) is 89.6 Å². The quantitative estimate of drug-likeness (QED) is 0.0849. The molecule has 19 aromatic rings. The van der Waals surface area contributed by atoms with Gasteiger partial charge in [-0.15, -0.1) is 0 Å². The molecule has 0 saturated carbocycles. The molecular formula is C96H54Cl4N8O16. The molecule has 9 heterocycles. The van der Waals surface area contributed by atoms with Crippen LogP contribution >= 0.6 is 46.4 Å². The van der Waals surface area contributed by atoms with Gasteiger partial charge in [-0.3, -0.25) is 0 Å². The topological polar surface area (TPSA) is 304 Å². The van der Waals surface area contributed by atoms with E-state index in [2.05, 4.69) is 9.97 Å². The highest BCUT2D eigenvalue weighted by Crippen LogP contribution is 2.48. The van der Waals surface area contributed by atoms with Crippen LogP contribution in [0.1, 0.15) is 0 Å². The van der Waals surface area contributed by atoms with Gasteiger partial charge in [-0.2, -0.15) is 0 Å². The van der Waals surface area contributed by atoms with E-state index in [-0.39, 0.29) is 134 Å². The SMILES string of the molecule is COc1ccc(-c2cc3ccc(Oc4cc5c(cc4Cl)-c4nc-5nc5[nH]c(nc6nc(nc7[nH]c(n4)c4cc(Oc8ccc9cc(-c%10ccc(OC)cc%10)c(=O)oc9c8)c(Cl)cc74)-c4cc(Oc7ccc8cc(-c9ccc(OC)cc9)c(=O)oc8c7)c(Cl)cc4-6)c4cc(Oc6ccc7cc(-c8ccc(OC)cc8)c(=O)oc7c6)c(Cl)cc54)cc3oc2=O)cc1. The molecule has 602 valence electrons. The Labute approximate surface area is 717 Å². The van der Waals surface area contributed by atoms with Gasteiger partial charge < -0.3 is 65.5 Å². The Balaban J connectivity index is 0.738. The fraction of sp³-hybridized carbons (Fsp3) is 0.0417. The van der Waals surface area contributed by atoms with E-state index >= 15 is 0 Å². The van der Waals surface area contributed by atoms with Crippen molar-refractivity contribution < 1.29 is 55.6 Å². The van der Waals surface area contributed by atoms with Crippen LogP contribution in [0.4, 0.5) is 0 Å². The van der Waals surface area contributed by atoms with E-state index in [1.165, 1.54) is 0 Å². The Morgan fingerprint density at radius 3 is 0.726 bits per heavy atom. The zero-order chi connectivity index (χ0) is 84.4. The average molecular weight is 1720 g/mol. The van der Waals surface area contributed by atoms with Crippen LogP contribution in [0.5, 0.6) is 69.0 Å². The summed E-state index contributed by atoms with van der Waals surface area (Å²) in [6, 6.07) is 69.0. The van der Waals surface area contributed by atoms with Gasteiger partial charge in [0.2, 0.25) is 0 Å². The molecule has 2 aliphatic heterocycles. The van der Waals surface area contributed by atoms with Gasteiger partial charge in [-0.25, -0.2) is 49.1 Å². The largest absolute Gasteiger partial charge is 0.497 e. The minimum absolute atomic E-state index is 0.106. The Morgan fingerprint density at radius 2 is 0.468 bits per heavy atom. The molecule has 0 unspecified atom stereocenters. The summed E-state index contributed by atoms with van der Waals surface area (Å²) in [6.07, 6.45) is 0. The Bertz CT molecular complexity index is 7740. The number of hydrogen-bond acceptors (Lipinski definition) is 22.